The standard InChI is InChI=1S/C18H17FN2O2/c1-12-16(18(22)23-2)17(13-8-10-14(19)11-9-13)20-21(12)15-6-4-3-5-7-15/h3-12,16H,1-2H3. The number of halogens is 1. The minimum atomic E-state index is -0.523. The van der Waals surface area contributed by atoms with Crippen LogP contribution in [-0.2, 0) is 9.53 Å². The van der Waals surface area contributed by atoms with Gasteiger partial charge in [0.15, 0.2) is 0 Å². The SMILES string of the molecule is COC(=O)C1C(c2ccc(F)cc2)=NN(c2ccccc2)C1C. The van der Waals surface area contributed by atoms with Crippen molar-refractivity contribution in [2.75, 3.05) is 12.1 Å². The average Bonchev–Trinajstić information content (AvgIpc) is 2.93. The fourth-order valence-electron chi connectivity index (χ4n) is 2.81. The molecule has 0 aromatic heterocycles. The van der Waals surface area contributed by atoms with Gasteiger partial charge in [0, 0.05) is 0 Å². The van der Waals surface area contributed by atoms with E-state index in [1.165, 1.54) is 19.2 Å². The Kier molecular flexibility index (Phi) is 4.10. The Hall–Kier alpha value is -2.69. The smallest absolute Gasteiger partial charge is 0.317 e. The molecule has 23 heavy (non-hydrogen) atoms. The Bertz CT molecular complexity index is 728. The molecule has 2 unspecified atom stereocenters. The van der Waals surface area contributed by atoms with Crippen LogP contribution in [0.25, 0.3) is 0 Å². The Morgan fingerprint density at radius 2 is 1.78 bits per heavy atom. The van der Waals surface area contributed by atoms with E-state index in [1.54, 1.807) is 17.1 Å². The molecule has 4 nitrogen and oxygen atoms in total. The van der Waals surface area contributed by atoms with E-state index >= 15 is 0 Å². The van der Waals surface area contributed by atoms with Gasteiger partial charge in [-0.05, 0) is 36.8 Å². The van der Waals surface area contributed by atoms with E-state index in [9.17, 15) is 9.18 Å². The fourth-order valence-corrected chi connectivity index (χ4v) is 2.81. The number of para-hydroxylation sites is 1. The second-order valence-corrected chi connectivity index (χ2v) is 5.41. The first kappa shape index (κ1) is 15.2. The normalized spacial score (nSPS) is 20.3. The van der Waals surface area contributed by atoms with Crippen molar-refractivity contribution in [3.05, 3.63) is 66.0 Å². The maximum absolute atomic E-state index is 13.2. The molecule has 1 aliphatic rings. The van der Waals surface area contributed by atoms with E-state index < -0.39 is 5.92 Å². The highest BCUT2D eigenvalue weighted by Gasteiger charge is 2.41. The van der Waals surface area contributed by atoms with Gasteiger partial charge in [-0.15, -0.1) is 0 Å². The number of methoxy groups -OCH3 is 1. The van der Waals surface area contributed by atoms with Crippen molar-refractivity contribution >= 4 is 17.4 Å². The van der Waals surface area contributed by atoms with Crippen LogP contribution in [0, 0.1) is 11.7 Å². The third-order valence-electron chi connectivity index (χ3n) is 3.99. The molecule has 0 fully saturated rings. The quantitative estimate of drug-likeness (QED) is 0.817. The van der Waals surface area contributed by atoms with Crippen molar-refractivity contribution in [1.29, 1.82) is 0 Å². The third-order valence-corrected chi connectivity index (χ3v) is 3.99. The van der Waals surface area contributed by atoms with Gasteiger partial charge >= 0.3 is 5.97 Å². The van der Waals surface area contributed by atoms with Crippen LogP contribution in [0.1, 0.15) is 12.5 Å². The zero-order valence-electron chi connectivity index (χ0n) is 12.9. The molecule has 3 rings (SSSR count). The zero-order valence-corrected chi connectivity index (χ0v) is 12.9. The summed E-state index contributed by atoms with van der Waals surface area (Å²) in [6, 6.07) is 15.4. The zero-order chi connectivity index (χ0) is 16.4. The molecular weight excluding hydrogens is 295 g/mol. The summed E-state index contributed by atoms with van der Waals surface area (Å²) in [5, 5.41) is 6.42. The number of hydrazone groups is 1. The number of ether oxygens (including phenoxy) is 1. The van der Waals surface area contributed by atoms with Crippen LogP contribution >= 0.6 is 0 Å². The molecule has 0 amide bonds. The van der Waals surface area contributed by atoms with Gasteiger partial charge in [-0.1, -0.05) is 30.3 Å². The van der Waals surface area contributed by atoms with Gasteiger partial charge in [0.1, 0.15) is 11.7 Å². The van der Waals surface area contributed by atoms with Gasteiger partial charge in [-0.3, -0.25) is 9.80 Å². The van der Waals surface area contributed by atoms with Crippen LogP contribution in [-0.4, -0.2) is 24.8 Å². The second kappa shape index (κ2) is 6.20. The van der Waals surface area contributed by atoms with Crippen molar-refractivity contribution in [1.82, 2.24) is 0 Å². The van der Waals surface area contributed by atoms with Crippen LogP contribution < -0.4 is 5.01 Å². The van der Waals surface area contributed by atoms with E-state index in [4.69, 9.17) is 4.74 Å². The van der Waals surface area contributed by atoms with Crippen LogP contribution in [0.3, 0.4) is 0 Å². The Labute approximate surface area is 134 Å². The lowest BCUT2D eigenvalue weighted by Gasteiger charge is -2.23. The molecule has 0 saturated heterocycles. The molecule has 0 spiro atoms. The summed E-state index contributed by atoms with van der Waals surface area (Å²) in [6.07, 6.45) is 0. The van der Waals surface area contributed by atoms with E-state index in [0.717, 1.165) is 5.69 Å². The molecule has 0 radical (unpaired) electrons. The molecule has 2 aromatic carbocycles. The number of hydrogen-bond donors (Lipinski definition) is 0. The predicted octanol–water partition coefficient (Wildman–Crippen LogP) is 3.23. The van der Waals surface area contributed by atoms with Crippen LogP contribution in [0.4, 0.5) is 10.1 Å². The number of nitrogens with zero attached hydrogens (tertiary/aromatic N) is 2. The highest BCUT2D eigenvalue weighted by Crippen LogP contribution is 2.31. The minimum Gasteiger partial charge on any atom is -0.468 e. The van der Waals surface area contributed by atoms with E-state index in [-0.39, 0.29) is 17.8 Å². The maximum atomic E-state index is 13.2. The number of carbonyl (C=O) groups is 1. The number of rotatable bonds is 3. The summed E-state index contributed by atoms with van der Waals surface area (Å²) < 4.78 is 18.1. The van der Waals surface area contributed by atoms with E-state index in [1.807, 2.05) is 37.3 Å². The first-order valence-corrected chi connectivity index (χ1v) is 7.38. The van der Waals surface area contributed by atoms with Crippen molar-refractivity contribution in [3.8, 4) is 0 Å². The first-order chi connectivity index (χ1) is 11.1. The molecule has 0 N–H and O–H groups in total. The Morgan fingerprint density at radius 3 is 2.39 bits per heavy atom. The van der Waals surface area contributed by atoms with Crippen molar-refractivity contribution in [3.63, 3.8) is 0 Å². The fraction of sp³-hybridized carbons (Fsp3) is 0.222. The molecular formula is C18H17FN2O2. The number of esters is 1. The van der Waals surface area contributed by atoms with Gasteiger partial charge < -0.3 is 4.74 Å². The molecule has 1 aliphatic heterocycles. The average molecular weight is 312 g/mol. The van der Waals surface area contributed by atoms with Gasteiger partial charge in [-0.25, -0.2) is 4.39 Å². The lowest BCUT2D eigenvalue weighted by molar-refractivity contribution is -0.143. The lowest BCUT2D eigenvalue weighted by Crippen LogP contribution is -2.36. The summed E-state index contributed by atoms with van der Waals surface area (Å²) in [7, 11) is 1.36. The third kappa shape index (κ3) is 2.82. The molecule has 2 atom stereocenters. The van der Waals surface area contributed by atoms with Crippen LogP contribution in [0.15, 0.2) is 59.7 Å². The molecule has 0 aliphatic carbocycles. The summed E-state index contributed by atoms with van der Waals surface area (Å²) in [4.78, 5) is 12.2. The van der Waals surface area contributed by atoms with Crippen molar-refractivity contribution in [2.45, 2.75) is 13.0 Å². The number of benzene rings is 2. The predicted molar refractivity (Wildman–Crippen MR) is 86.8 cm³/mol. The van der Waals surface area contributed by atoms with Crippen LogP contribution in [0.5, 0.6) is 0 Å². The summed E-state index contributed by atoms with van der Waals surface area (Å²) in [6.45, 7) is 1.93. The van der Waals surface area contributed by atoms with Gasteiger partial charge in [-0.2, -0.15) is 5.10 Å². The van der Waals surface area contributed by atoms with Crippen molar-refractivity contribution in [2.24, 2.45) is 11.0 Å². The van der Waals surface area contributed by atoms with Gasteiger partial charge in [0.25, 0.3) is 0 Å². The lowest BCUT2D eigenvalue weighted by atomic mass is 9.92. The molecule has 118 valence electrons. The summed E-state index contributed by atoms with van der Waals surface area (Å²) in [5.41, 5.74) is 2.20. The highest BCUT2D eigenvalue weighted by atomic mass is 19.1. The van der Waals surface area contributed by atoms with Gasteiger partial charge in [0.05, 0.1) is 24.6 Å². The number of hydrogen-bond acceptors (Lipinski definition) is 4. The molecule has 5 heteroatoms. The molecule has 1 heterocycles. The monoisotopic (exact) mass is 312 g/mol. The number of anilines is 1. The molecule has 0 saturated carbocycles. The van der Waals surface area contributed by atoms with E-state index in [0.29, 0.717) is 11.3 Å². The maximum Gasteiger partial charge on any atom is 0.317 e. The Balaban J connectivity index is 2.04. The highest BCUT2D eigenvalue weighted by molar-refractivity contribution is 6.14. The van der Waals surface area contributed by atoms with Crippen LogP contribution in [0.2, 0.25) is 0 Å². The Morgan fingerprint density at radius 1 is 1.13 bits per heavy atom. The topological polar surface area (TPSA) is 41.9 Å². The minimum absolute atomic E-state index is 0.190. The number of carbonyl (C=O) groups excluding carboxylic acids is 1. The molecule has 2 aromatic rings. The van der Waals surface area contributed by atoms with Crippen molar-refractivity contribution < 1.29 is 13.9 Å². The first-order valence-electron chi connectivity index (χ1n) is 7.38. The molecule has 0 bridgehead atoms. The van der Waals surface area contributed by atoms with Gasteiger partial charge in [0.2, 0.25) is 0 Å². The largest absolute Gasteiger partial charge is 0.468 e. The van der Waals surface area contributed by atoms with E-state index in [2.05, 4.69) is 5.10 Å². The summed E-state index contributed by atoms with van der Waals surface area (Å²) in [5.74, 6) is -1.19. The second-order valence-electron chi connectivity index (χ2n) is 5.41. The summed E-state index contributed by atoms with van der Waals surface area (Å²) >= 11 is 0.